The molecule has 0 saturated carbocycles. The summed E-state index contributed by atoms with van der Waals surface area (Å²) >= 11 is 0. The number of rotatable bonds is 6. The van der Waals surface area contributed by atoms with Gasteiger partial charge < -0.3 is 15.0 Å². The van der Waals surface area contributed by atoms with Crippen molar-refractivity contribution >= 4 is 0 Å². The molecule has 0 spiro atoms. The standard InChI is InChI=1S/C20H34N2O/c1-5-23-19-10-9-18(20(2,3)4)16-17(19)8-6-13-22-14-7-11-21-12-15-22/h9-10,16,21H,5-8,11-15H2,1-4H3. The summed E-state index contributed by atoms with van der Waals surface area (Å²) in [6.45, 7) is 15.5. The van der Waals surface area contributed by atoms with E-state index in [1.54, 1.807) is 0 Å². The average molecular weight is 319 g/mol. The molecular weight excluding hydrogens is 284 g/mol. The zero-order valence-electron chi connectivity index (χ0n) is 15.5. The van der Waals surface area contributed by atoms with Gasteiger partial charge in [0, 0.05) is 13.1 Å². The van der Waals surface area contributed by atoms with E-state index >= 15 is 0 Å². The number of hydrogen-bond donors (Lipinski definition) is 1. The molecule has 3 heteroatoms. The first kappa shape index (κ1) is 18.3. The molecule has 1 fully saturated rings. The smallest absolute Gasteiger partial charge is 0.122 e. The summed E-state index contributed by atoms with van der Waals surface area (Å²) < 4.78 is 5.84. The highest BCUT2D eigenvalue weighted by Crippen LogP contribution is 2.29. The van der Waals surface area contributed by atoms with E-state index in [0.717, 1.165) is 25.3 Å². The zero-order chi connectivity index (χ0) is 16.7. The number of ether oxygens (including phenoxy) is 1. The molecule has 1 saturated heterocycles. The maximum atomic E-state index is 5.84. The summed E-state index contributed by atoms with van der Waals surface area (Å²) in [6, 6.07) is 6.74. The Balaban J connectivity index is 1.98. The van der Waals surface area contributed by atoms with E-state index in [9.17, 15) is 0 Å². The summed E-state index contributed by atoms with van der Waals surface area (Å²) in [5.74, 6) is 1.07. The Morgan fingerprint density at radius 1 is 1.17 bits per heavy atom. The molecule has 0 atom stereocenters. The first-order valence-corrected chi connectivity index (χ1v) is 9.20. The second-order valence-corrected chi connectivity index (χ2v) is 7.55. The summed E-state index contributed by atoms with van der Waals surface area (Å²) in [6.07, 6.45) is 3.57. The lowest BCUT2D eigenvalue weighted by molar-refractivity contribution is 0.287. The van der Waals surface area contributed by atoms with E-state index in [0.29, 0.717) is 0 Å². The minimum absolute atomic E-state index is 0.190. The molecule has 0 aromatic heterocycles. The largest absolute Gasteiger partial charge is 0.494 e. The van der Waals surface area contributed by atoms with Gasteiger partial charge in [-0.3, -0.25) is 0 Å². The van der Waals surface area contributed by atoms with E-state index in [-0.39, 0.29) is 5.41 Å². The van der Waals surface area contributed by atoms with Crippen molar-refractivity contribution in [2.45, 2.75) is 52.4 Å². The molecule has 1 aromatic carbocycles. The lowest BCUT2D eigenvalue weighted by Crippen LogP contribution is -2.29. The van der Waals surface area contributed by atoms with Gasteiger partial charge >= 0.3 is 0 Å². The van der Waals surface area contributed by atoms with Crippen LogP contribution in [0.5, 0.6) is 5.75 Å². The second-order valence-electron chi connectivity index (χ2n) is 7.55. The number of aryl methyl sites for hydroxylation is 1. The molecular formula is C20H34N2O. The molecule has 130 valence electrons. The van der Waals surface area contributed by atoms with Gasteiger partial charge in [-0.1, -0.05) is 32.9 Å². The molecule has 23 heavy (non-hydrogen) atoms. The molecule has 1 N–H and O–H groups in total. The lowest BCUT2D eigenvalue weighted by Gasteiger charge is -2.22. The Hall–Kier alpha value is -1.06. The van der Waals surface area contributed by atoms with Gasteiger partial charge in [-0.05, 0) is 68.4 Å². The summed E-state index contributed by atoms with van der Waals surface area (Å²) in [5, 5.41) is 3.47. The van der Waals surface area contributed by atoms with Gasteiger partial charge in [-0.2, -0.15) is 0 Å². The Morgan fingerprint density at radius 3 is 2.74 bits per heavy atom. The Labute approximate surface area is 142 Å². The van der Waals surface area contributed by atoms with E-state index in [4.69, 9.17) is 4.74 Å². The Bertz CT molecular complexity index is 471. The maximum Gasteiger partial charge on any atom is 0.122 e. The third-order valence-corrected chi connectivity index (χ3v) is 4.58. The van der Waals surface area contributed by atoms with Crippen molar-refractivity contribution in [1.82, 2.24) is 10.2 Å². The predicted molar refractivity (Wildman–Crippen MR) is 98.6 cm³/mol. The van der Waals surface area contributed by atoms with Gasteiger partial charge in [0.15, 0.2) is 0 Å². The summed E-state index contributed by atoms with van der Waals surface area (Å²) in [4.78, 5) is 2.59. The quantitative estimate of drug-likeness (QED) is 0.867. The van der Waals surface area contributed by atoms with Crippen LogP contribution >= 0.6 is 0 Å². The van der Waals surface area contributed by atoms with Crippen LogP contribution in [0.15, 0.2) is 18.2 Å². The van der Waals surface area contributed by atoms with Crippen LogP contribution in [0.3, 0.4) is 0 Å². The summed E-state index contributed by atoms with van der Waals surface area (Å²) in [5.41, 5.74) is 2.96. The molecule has 1 aliphatic rings. The van der Waals surface area contributed by atoms with Gasteiger partial charge in [0.1, 0.15) is 5.75 Å². The fourth-order valence-electron chi connectivity index (χ4n) is 3.16. The van der Waals surface area contributed by atoms with Gasteiger partial charge in [0.25, 0.3) is 0 Å². The van der Waals surface area contributed by atoms with Crippen LogP contribution in [0.25, 0.3) is 0 Å². The molecule has 1 aromatic rings. The van der Waals surface area contributed by atoms with Crippen molar-refractivity contribution in [3.63, 3.8) is 0 Å². The molecule has 1 heterocycles. The van der Waals surface area contributed by atoms with Crippen LogP contribution in [0.4, 0.5) is 0 Å². The topological polar surface area (TPSA) is 24.5 Å². The molecule has 1 aliphatic heterocycles. The third kappa shape index (κ3) is 5.82. The van der Waals surface area contributed by atoms with Crippen molar-refractivity contribution in [2.24, 2.45) is 0 Å². The molecule has 0 aliphatic carbocycles. The molecule has 0 unspecified atom stereocenters. The monoisotopic (exact) mass is 318 g/mol. The zero-order valence-corrected chi connectivity index (χ0v) is 15.5. The number of nitrogens with one attached hydrogen (secondary N) is 1. The Kier molecular flexibility index (Phi) is 6.91. The molecule has 0 bridgehead atoms. The average Bonchev–Trinajstić information content (AvgIpc) is 2.77. The lowest BCUT2D eigenvalue weighted by atomic mass is 9.85. The van der Waals surface area contributed by atoms with Crippen LogP contribution in [0.1, 0.15) is 51.7 Å². The van der Waals surface area contributed by atoms with Gasteiger partial charge in [0.05, 0.1) is 6.61 Å². The molecule has 0 amide bonds. The predicted octanol–water partition coefficient (Wildman–Crippen LogP) is 3.61. The van der Waals surface area contributed by atoms with Crippen LogP contribution < -0.4 is 10.1 Å². The number of benzene rings is 1. The summed E-state index contributed by atoms with van der Waals surface area (Å²) in [7, 11) is 0. The van der Waals surface area contributed by atoms with Crippen molar-refractivity contribution in [1.29, 1.82) is 0 Å². The highest BCUT2D eigenvalue weighted by molar-refractivity contribution is 5.39. The highest BCUT2D eigenvalue weighted by Gasteiger charge is 2.16. The minimum Gasteiger partial charge on any atom is -0.494 e. The molecule has 2 rings (SSSR count). The van der Waals surface area contributed by atoms with Crippen LogP contribution in [0.2, 0.25) is 0 Å². The SMILES string of the molecule is CCOc1ccc(C(C)(C)C)cc1CCCN1CCCNCC1. The fourth-order valence-corrected chi connectivity index (χ4v) is 3.16. The van der Waals surface area contributed by atoms with Crippen molar-refractivity contribution in [3.05, 3.63) is 29.3 Å². The van der Waals surface area contributed by atoms with E-state index < -0.39 is 0 Å². The van der Waals surface area contributed by atoms with Crippen molar-refractivity contribution in [3.8, 4) is 5.75 Å². The van der Waals surface area contributed by atoms with E-state index in [2.05, 4.69) is 56.1 Å². The van der Waals surface area contributed by atoms with Crippen molar-refractivity contribution < 1.29 is 4.74 Å². The normalized spacial score (nSPS) is 17.0. The first-order chi connectivity index (χ1) is 11.0. The van der Waals surface area contributed by atoms with Crippen LogP contribution in [-0.4, -0.2) is 44.2 Å². The van der Waals surface area contributed by atoms with Gasteiger partial charge in [0.2, 0.25) is 0 Å². The fraction of sp³-hybridized carbons (Fsp3) is 0.700. The maximum absolute atomic E-state index is 5.84. The van der Waals surface area contributed by atoms with Crippen molar-refractivity contribution in [2.75, 3.05) is 39.3 Å². The van der Waals surface area contributed by atoms with Crippen LogP contribution in [-0.2, 0) is 11.8 Å². The van der Waals surface area contributed by atoms with Crippen LogP contribution in [0, 0.1) is 0 Å². The van der Waals surface area contributed by atoms with Gasteiger partial charge in [-0.15, -0.1) is 0 Å². The highest BCUT2D eigenvalue weighted by atomic mass is 16.5. The Morgan fingerprint density at radius 2 is 2.00 bits per heavy atom. The first-order valence-electron chi connectivity index (χ1n) is 9.20. The van der Waals surface area contributed by atoms with E-state index in [1.807, 2.05) is 0 Å². The number of nitrogens with zero attached hydrogens (tertiary/aromatic N) is 1. The molecule has 3 nitrogen and oxygen atoms in total. The van der Waals surface area contributed by atoms with Gasteiger partial charge in [-0.25, -0.2) is 0 Å². The second kappa shape index (κ2) is 8.70. The molecule has 0 radical (unpaired) electrons. The third-order valence-electron chi connectivity index (χ3n) is 4.58. The van der Waals surface area contributed by atoms with E-state index in [1.165, 1.54) is 50.1 Å². The number of hydrogen-bond acceptors (Lipinski definition) is 3. The minimum atomic E-state index is 0.190.